The zero-order valence-electron chi connectivity index (χ0n) is 11.3. The van der Waals surface area contributed by atoms with Crippen molar-refractivity contribution in [3.8, 4) is 19.5 Å². The Kier molecular flexibility index (Phi) is 4.36. The van der Waals surface area contributed by atoms with Crippen molar-refractivity contribution in [1.29, 1.82) is 0 Å². The van der Waals surface area contributed by atoms with Crippen LogP contribution < -0.4 is 5.73 Å². The molecule has 0 bridgehead atoms. The van der Waals surface area contributed by atoms with E-state index in [-0.39, 0.29) is 6.04 Å². The molecule has 0 aromatic carbocycles. The van der Waals surface area contributed by atoms with Crippen LogP contribution in [-0.4, -0.2) is 6.04 Å². The number of hydrogen-bond acceptors (Lipinski definition) is 4. The molecule has 0 aliphatic heterocycles. The van der Waals surface area contributed by atoms with E-state index >= 15 is 0 Å². The number of hydrogen-bond donors (Lipinski definition) is 1. The van der Waals surface area contributed by atoms with Crippen molar-refractivity contribution in [2.24, 2.45) is 5.73 Å². The molecular weight excluding hydrogens is 302 g/mol. The lowest BCUT2D eigenvalue weighted by atomic mass is 10.1. The zero-order chi connectivity index (χ0) is 13.9. The molecule has 3 aromatic heterocycles. The van der Waals surface area contributed by atoms with Crippen molar-refractivity contribution in [3.05, 3.63) is 46.7 Å². The Labute approximate surface area is 131 Å². The predicted molar refractivity (Wildman–Crippen MR) is 92.9 cm³/mol. The van der Waals surface area contributed by atoms with Crippen molar-refractivity contribution < 1.29 is 0 Å². The molecule has 1 nitrogen and oxygen atoms in total. The van der Waals surface area contributed by atoms with Gasteiger partial charge >= 0.3 is 0 Å². The monoisotopic (exact) mass is 319 g/mol. The van der Waals surface area contributed by atoms with Gasteiger partial charge in [-0.05, 0) is 48.6 Å². The molecule has 2 N–H and O–H groups in total. The Morgan fingerprint density at radius 1 is 0.950 bits per heavy atom. The van der Waals surface area contributed by atoms with Crippen molar-refractivity contribution in [1.82, 2.24) is 0 Å². The normalized spacial score (nSPS) is 12.7. The second-order valence-electron chi connectivity index (χ2n) is 4.78. The molecule has 0 spiro atoms. The van der Waals surface area contributed by atoms with Crippen LogP contribution in [0.1, 0.15) is 18.2 Å². The third-order valence-corrected chi connectivity index (χ3v) is 6.72. The van der Waals surface area contributed by atoms with E-state index in [1.807, 2.05) is 22.7 Å². The molecule has 1 atom stereocenters. The Morgan fingerprint density at radius 3 is 2.35 bits per heavy atom. The summed E-state index contributed by atoms with van der Waals surface area (Å²) in [5, 5.41) is 2.13. The molecule has 4 heteroatoms. The topological polar surface area (TPSA) is 26.0 Å². The van der Waals surface area contributed by atoms with E-state index in [1.165, 1.54) is 24.4 Å². The molecule has 0 aliphatic carbocycles. The summed E-state index contributed by atoms with van der Waals surface area (Å²) in [6.07, 6.45) is 2.03. The van der Waals surface area contributed by atoms with Gasteiger partial charge in [0.15, 0.2) is 0 Å². The van der Waals surface area contributed by atoms with Crippen molar-refractivity contribution >= 4 is 34.0 Å². The number of thiophene rings is 3. The fourth-order valence-corrected chi connectivity index (χ4v) is 5.08. The first-order valence-corrected chi connectivity index (χ1v) is 9.26. The van der Waals surface area contributed by atoms with Gasteiger partial charge in [-0.25, -0.2) is 0 Å². The number of nitrogens with two attached hydrogens (primary N) is 1. The van der Waals surface area contributed by atoms with Crippen LogP contribution in [0.25, 0.3) is 19.5 Å². The smallest absolute Gasteiger partial charge is 0.0449 e. The van der Waals surface area contributed by atoms with Gasteiger partial charge < -0.3 is 5.73 Å². The molecule has 1 unspecified atom stereocenters. The third-order valence-electron chi connectivity index (χ3n) is 3.26. The highest BCUT2D eigenvalue weighted by atomic mass is 32.1. The van der Waals surface area contributed by atoms with Gasteiger partial charge in [-0.2, -0.15) is 0 Å². The van der Waals surface area contributed by atoms with E-state index < -0.39 is 0 Å². The summed E-state index contributed by atoms with van der Waals surface area (Å²) in [6.45, 7) is 2.14. The molecule has 0 fully saturated rings. The van der Waals surface area contributed by atoms with E-state index in [0.717, 1.165) is 12.8 Å². The summed E-state index contributed by atoms with van der Waals surface area (Å²) in [5.74, 6) is 0. The second kappa shape index (κ2) is 6.22. The molecule has 0 radical (unpaired) electrons. The van der Waals surface area contributed by atoms with Gasteiger partial charge in [0.2, 0.25) is 0 Å². The average Bonchev–Trinajstić information content (AvgIpc) is 3.18. The third kappa shape index (κ3) is 3.04. The molecule has 0 saturated carbocycles. The summed E-state index contributed by atoms with van der Waals surface area (Å²) in [7, 11) is 0. The first-order valence-electron chi connectivity index (χ1n) is 6.74. The molecule has 104 valence electrons. The van der Waals surface area contributed by atoms with Gasteiger partial charge in [0.25, 0.3) is 0 Å². The fourth-order valence-electron chi connectivity index (χ4n) is 2.04. The van der Waals surface area contributed by atoms with Crippen LogP contribution in [0.3, 0.4) is 0 Å². The van der Waals surface area contributed by atoms with E-state index in [9.17, 15) is 0 Å². The van der Waals surface area contributed by atoms with Gasteiger partial charge in [0.1, 0.15) is 0 Å². The minimum absolute atomic E-state index is 0.284. The number of rotatable bonds is 5. The standard InChI is InChI=1S/C16H17NS3/c1-2-11(17)10-12-5-6-15(19-12)16-8-7-14(20-16)13-4-3-9-18-13/h3-9,11H,2,10,17H2,1H3. The first-order chi connectivity index (χ1) is 9.76. The highest BCUT2D eigenvalue weighted by molar-refractivity contribution is 7.26. The van der Waals surface area contributed by atoms with Gasteiger partial charge in [0, 0.05) is 30.4 Å². The summed E-state index contributed by atoms with van der Waals surface area (Å²) in [5.41, 5.74) is 6.03. The van der Waals surface area contributed by atoms with E-state index in [2.05, 4.69) is 48.7 Å². The Balaban J connectivity index is 1.80. The largest absolute Gasteiger partial charge is 0.327 e. The summed E-state index contributed by atoms with van der Waals surface area (Å²) < 4.78 is 0. The lowest BCUT2D eigenvalue weighted by Gasteiger charge is -2.05. The van der Waals surface area contributed by atoms with Crippen LogP contribution in [-0.2, 0) is 6.42 Å². The predicted octanol–water partition coefficient (Wildman–Crippen LogP) is 5.48. The molecule has 0 amide bonds. The van der Waals surface area contributed by atoms with Crippen LogP contribution in [0.4, 0.5) is 0 Å². The van der Waals surface area contributed by atoms with E-state index in [4.69, 9.17) is 5.73 Å². The van der Waals surface area contributed by atoms with Gasteiger partial charge in [0.05, 0.1) is 0 Å². The maximum atomic E-state index is 6.03. The highest BCUT2D eigenvalue weighted by Gasteiger charge is 2.09. The lowest BCUT2D eigenvalue weighted by molar-refractivity contribution is 0.652. The second-order valence-corrected chi connectivity index (χ2v) is 7.98. The molecule has 3 aromatic rings. The molecule has 3 rings (SSSR count). The van der Waals surface area contributed by atoms with Crippen LogP contribution >= 0.6 is 34.0 Å². The lowest BCUT2D eigenvalue weighted by Crippen LogP contribution is -2.20. The van der Waals surface area contributed by atoms with Crippen molar-refractivity contribution in [2.45, 2.75) is 25.8 Å². The molecule has 0 aliphatic rings. The maximum absolute atomic E-state index is 6.03. The fraction of sp³-hybridized carbons (Fsp3) is 0.250. The summed E-state index contributed by atoms with van der Waals surface area (Å²) in [6, 6.07) is 13.5. The Morgan fingerprint density at radius 2 is 1.65 bits per heavy atom. The average molecular weight is 320 g/mol. The molecule has 0 saturated heterocycles. The Bertz CT molecular complexity index is 664. The minimum atomic E-state index is 0.284. The van der Waals surface area contributed by atoms with Crippen LogP contribution in [0.15, 0.2) is 41.8 Å². The first kappa shape index (κ1) is 14.0. The van der Waals surface area contributed by atoms with Crippen LogP contribution in [0.5, 0.6) is 0 Å². The Hall–Kier alpha value is -0.940. The quantitative estimate of drug-likeness (QED) is 0.661. The summed E-state index contributed by atoms with van der Waals surface area (Å²) >= 11 is 5.54. The van der Waals surface area contributed by atoms with Crippen molar-refractivity contribution in [3.63, 3.8) is 0 Å². The molecule has 3 heterocycles. The van der Waals surface area contributed by atoms with Gasteiger partial charge in [-0.15, -0.1) is 34.0 Å². The SMILES string of the molecule is CCC(N)Cc1ccc(-c2ccc(-c3cccs3)s2)s1. The van der Waals surface area contributed by atoms with Crippen molar-refractivity contribution in [2.75, 3.05) is 0 Å². The zero-order valence-corrected chi connectivity index (χ0v) is 13.8. The van der Waals surface area contributed by atoms with Crippen LogP contribution in [0.2, 0.25) is 0 Å². The van der Waals surface area contributed by atoms with E-state index in [1.54, 1.807) is 11.3 Å². The molecule has 20 heavy (non-hydrogen) atoms. The minimum Gasteiger partial charge on any atom is -0.327 e. The highest BCUT2D eigenvalue weighted by Crippen LogP contribution is 2.39. The maximum Gasteiger partial charge on any atom is 0.0449 e. The van der Waals surface area contributed by atoms with Crippen LogP contribution in [0, 0.1) is 0 Å². The summed E-state index contributed by atoms with van der Waals surface area (Å²) in [4.78, 5) is 6.81. The van der Waals surface area contributed by atoms with E-state index in [0.29, 0.717) is 0 Å². The van der Waals surface area contributed by atoms with Gasteiger partial charge in [-0.1, -0.05) is 13.0 Å². The van der Waals surface area contributed by atoms with Gasteiger partial charge in [-0.3, -0.25) is 0 Å². The molecular formula is C16H17NS3.